The second-order valence-corrected chi connectivity index (χ2v) is 15.1. The molecule has 236 valence electrons. The minimum atomic E-state index is -3.78. The van der Waals surface area contributed by atoms with Gasteiger partial charge in [0.2, 0.25) is 16.0 Å². The van der Waals surface area contributed by atoms with Crippen LogP contribution in [0.25, 0.3) is 22.4 Å². The molecular weight excluding hydrogens is 613 g/mol. The number of fused-ring (bicyclic) bond motifs is 1. The first kappa shape index (κ1) is 29.9. The fourth-order valence-corrected chi connectivity index (χ4v) is 8.79. The van der Waals surface area contributed by atoms with Crippen molar-refractivity contribution in [1.82, 2.24) is 33.3 Å². The van der Waals surface area contributed by atoms with Crippen LogP contribution in [0.4, 0.5) is 17.3 Å². The molecule has 0 radical (unpaired) electrons. The van der Waals surface area contributed by atoms with E-state index in [0.29, 0.717) is 54.7 Å². The lowest BCUT2D eigenvalue weighted by atomic mass is 10.1. The van der Waals surface area contributed by atoms with Gasteiger partial charge in [-0.2, -0.15) is 4.98 Å². The molecule has 2 unspecified atom stereocenters. The fraction of sp³-hybridized carbons (Fsp3) is 0.433. The number of likely N-dealkylation sites (N-methyl/N-ethyl adjacent to an activating group) is 1. The van der Waals surface area contributed by atoms with Gasteiger partial charge < -0.3 is 20.4 Å². The van der Waals surface area contributed by atoms with Crippen LogP contribution in [0.5, 0.6) is 0 Å². The Morgan fingerprint density at radius 3 is 2.44 bits per heavy atom. The number of likely N-dealkylation sites (tertiary alicyclic amines) is 2. The van der Waals surface area contributed by atoms with Crippen LogP contribution in [0.1, 0.15) is 24.8 Å². The molecule has 2 atom stereocenters. The van der Waals surface area contributed by atoms with E-state index < -0.39 is 26.3 Å². The predicted molar refractivity (Wildman–Crippen MR) is 179 cm³/mol. The Bertz CT molecular complexity index is 1900. The number of pyridine rings is 1. The summed E-state index contributed by atoms with van der Waals surface area (Å²) in [5, 5.41) is 6.86. The van der Waals surface area contributed by atoms with E-state index in [1.165, 1.54) is 32.7 Å². The molecule has 0 saturated carbocycles. The van der Waals surface area contributed by atoms with Gasteiger partial charge in [-0.3, -0.25) is 14.4 Å². The first-order chi connectivity index (χ1) is 21.8. The molecule has 15 heteroatoms. The summed E-state index contributed by atoms with van der Waals surface area (Å²) >= 11 is 1.49. The second kappa shape index (κ2) is 12.2. The standard InChI is InChI=1S/C30H36N10O3S2/c1-37-13-8-24(9-14-37)45(42,43)39-15-10-31-27(39)25-17-20-18-33-29(36-26(20)40(28(25)41)30-32-11-16-44-30)35-22-5-3-21(4-6-22)34-23-7-12-38(2)19-23/h3-6,10-11,15,17-18,23-24,30,34H,7-9,12-14,16,19H2,1-2H3,(H,33,35,36). The molecule has 2 N–H and O–H groups in total. The maximum atomic E-state index is 14.2. The molecule has 2 fully saturated rings. The number of rotatable bonds is 8. The topological polar surface area (TPSA) is 143 Å². The molecular formula is C30H36N10O3S2. The number of thioether (sulfide) groups is 1. The number of aromatic nitrogens is 5. The van der Waals surface area contributed by atoms with Crippen LogP contribution >= 0.6 is 11.8 Å². The Kier molecular flexibility index (Phi) is 8.10. The van der Waals surface area contributed by atoms with Crippen LogP contribution in [-0.2, 0) is 10.0 Å². The highest BCUT2D eigenvalue weighted by Gasteiger charge is 2.33. The molecule has 0 aliphatic carbocycles. The summed E-state index contributed by atoms with van der Waals surface area (Å²) in [5.41, 5.74) is 1.46. The molecule has 4 aromatic rings. The van der Waals surface area contributed by atoms with Crippen LogP contribution in [0.2, 0.25) is 0 Å². The predicted octanol–water partition coefficient (Wildman–Crippen LogP) is 3.06. The molecule has 2 saturated heterocycles. The molecule has 13 nitrogen and oxygen atoms in total. The van der Waals surface area contributed by atoms with Gasteiger partial charge in [0, 0.05) is 59.9 Å². The van der Waals surface area contributed by atoms with Crippen LogP contribution in [0.3, 0.4) is 0 Å². The van der Waals surface area contributed by atoms with E-state index in [2.05, 4.69) is 42.4 Å². The van der Waals surface area contributed by atoms with E-state index in [4.69, 9.17) is 4.98 Å². The third-order valence-corrected chi connectivity index (χ3v) is 11.8. The number of hydrogen-bond donors (Lipinski definition) is 2. The zero-order chi connectivity index (χ0) is 31.1. The van der Waals surface area contributed by atoms with Crippen molar-refractivity contribution in [3.63, 3.8) is 0 Å². The van der Waals surface area contributed by atoms with Gasteiger partial charge in [-0.25, -0.2) is 22.4 Å². The minimum Gasteiger partial charge on any atom is -0.381 e. The Morgan fingerprint density at radius 2 is 1.73 bits per heavy atom. The van der Waals surface area contributed by atoms with Crippen molar-refractivity contribution in [2.24, 2.45) is 4.99 Å². The number of imidazole rings is 1. The average molecular weight is 649 g/mol. The molecule has 0 bridgehead atoms. The number of nitrogens with one attached hydrogen (secondary N) is 2. The lowest BCUT2D eigenvalue weighted by Gasteiger charge is -2.29. The number of piperidine rings is 1. The van der Waals surface area contributed by atoms with Crippen molar-refractivity contribution >= 4 is 56.4 Å². The Labute approximate surface area is 265 Å². The SMILES string of the molecule is CN1CCC(S(=O)(=O)n2ccnc2-c2cc3cnc(Nc4ccc(NC5CCN(C)C5)cc4)nc3n(C3N=CCS3)c2=O)CC1. The molecule has 3 aliphatic heterocycles. The first-order valence-electron chi connectivity index (χ1n) is 15.1. The van der Waals surface area contributed by atoms with Gasteiger partial charge in [-0.05, 0) is 83.3 Å². The summed E-state index contributed by atoms with van der Waals surface area (Å²) in [5.74, 6) is 1.07. The molecule has 3 aliphatic rings. The van der Waals surface area contributed by atoms with Gasteiger partial charge in [-0.15, -0.1) is 11.8 Å². The smallest absolute Gasteiger partial charge is 0.265 e. The van der Waals surface area contributed by atoms with Gasteiger partial charge in [0.05, 0.1) is 10.8 Å². The van der Waals surface area contributed by atoms with Gasteiger partial charge >= 0.3 is 0 Å². The van der Waals surface area contributed by atoms with Gasteiger partial charge in [0.1, 0.15) is 0 Å². The summed E-state index contributed by atoms with van der Waals surface area (Å²) in [4.78, 5) is 36.8. The molecule has 0 amide bonds. The van der Waals surface area contributed by atoms with E-state index in [-0.39, 0.29) is 11.4 Å². The van der Waals surface area contributed by atoms with E-state index in [9.17, 15) is 13.2 Å². The normalized spacial score (nSPS) is 21.6. The highest BCUT2D eigenvalue weighted by Crippen LogP contribution is 2.32. The first-order valence-corrected chi connectivity index (χ1v) is 17.7. The van der Waals surface area contributed by atoms with Crippen molar-refractivity contribution in [3.8, 4) is 11.4 Å². The number of nitrogens with zero attached hydrogens (tertiary/aromatic N) is 8. The maximum absolute atomic E-state index is 14.2. The summed E-state index contributed by atoms with van der Waals surface area (Å²) in [6.07, 6.45) is 8.42. The lowest BCUT2D eigenvalue weighted by Crippen LogP contribution is -2.39. The Morgan fingerprint density at radius 1 is 0.978 bits per heavy atom. The monoisotopic (exact) mass is 648 g/mol. The summed E-state index contributed by atoms with van der Waals surface area (Å²) in [6, 6.07) is 10.0. The van der Waals surface area contributed by atoms with Crippen molar-refractivity contribution in [3.05, 3.63) is 59.3 Å². The third kappa shape index (κ3) is 5.96. The molecule has 45 heavy (non-hydrogen) atoms. The summed E-state index contributed by atoms with van der Waals surface area (Å²) < 4.78 is 30.1. The fourth-order valence-electron chi connectivity index (χ4n) is 6.19. The van der Waals surface area contributed by atoms with Crippen molar-refractivity contribution in [2.75, 3.05) is 56.7 Å². The lowest BCUT2D eigenvalue weighted by molar-refractivity contribution is 0.277. The largest absolute Gasteiger partial charge is 0.381 e. The van der Waals surface area contributed by atoms with Crippen LogP contribution in [0.15, 0.2) is 58.7 Å². The average Bonchev–Trinajstić information content (AvgIpc) is 3.81. The minimum absolute atomic E-state index is 0.0849. The van der Waals surface area contributed by atoms with Gasteiger partial charge in [0.25, 0.3) is 5.56 Å². The van der Waals surface area contributed by atoms with Crippen molar-refractivity contribution in [1.29, 1.82) is 0 Å². The van der Waals surface area contributed by atoms with Crippen LogP contribution in [0, 0.1) is 0 Å². The van der Waals surface area contributed by atoms with Gasteiger partial charge in [0.15, 0.2) is 17.0 Å². The number of anilines is 3. The van der Waals surface area contributed by atoms with Crippen LogP contribution in [-0.4, -0.2) is 105 Å². The number of benzene rings is 1. The summed E-state index contributed by atoms with van der Waals surface area (Å²) in [7, 11) is 0.337. The Hall–Kier alpha value is -3.79. The quantitative estimate of drug-likeness (QED) is 0.291. The van der Waals surface area contributed by atoms with E-state index in [0.717, 1.165) is 30.9 Å². The van der Waals surface area contributed by atoms with E-state index in [1.807, 2.05) is 31.3 Å². The van der Waals surface area contributed by atoms with E-state index >= 15 is 0 Å². The third-order valence-electron chi connectivity index (χ3n) is 8.66. The highest BCUT2D eigenvalue weighted by molar-refractivity contribution is 8.00. The number of hydrogen-bond acceptors (Lipinski definition) is 12. The van der Waals surface area contributed by atoms with Crippen molar-refractivity contribution in [2.45, 2.75) is 36.1 Å². The van der Waals surface area contributed by atoms with Crippen molar-refractivity contribution < 1.29 is 8.42 Å². The van der Waals surface area contributed by atoms with Crippen LogP contribution < -0.4 is 16.2 Å². The van der Waals surface area contributed by atoms with Gasteiger partial charge in [-0.1, -0.05) is 0 Å². The molecule has 6 heterocycles. The molecule has 7 rings (SSSR count). The summed E-state index contributed by atoms with van der Waals surface area (Å²) in [6.45, 7) is 3.50. The highest BCUT2D eigenvalue weighted by atomic mass is 32.2. The zero-order valence-corrected chi connectivity index (χ0v) is 26.8. The number of aliphatic imine (C=N–C) groups is 1. The second-order valence-electron chi connectivity index (χ2n) is 11.9. The Balaban J connectivity index is 1.22. The molecule has 0 spiro atoms. The maximum Gasteiger partial charge on any atom is 0.265 e. The molecule has 1 aromatic carbocycles. The zero-order valence-electron chi connectivity index (χ0n) is 25.2. The molecule has 3 aromatic heterocycles. The van der Waals surface area contributed by atoms with E-state index in [1.54, 1.807) is 18.5 Å².